The Hall–Kier alpha value is -4.02. The van der Waals surface area contributed by atoms with Gasteiger partial charge in [-0.3, -0.25) is 0 Å². The summed E-state index contributed by atoms with van der Waals surface area (Å²) in [5, 5.41) is 150. The SMILES string of the molecule is O.O.O.O.O.O.O.O.O.O.[C-]#N.[C-]#N.[C-]#N.[C-]#N.[C-]#N.[C-]#N.[C-]#N.[C-]#N.[C-]#N.[C-]#N.[C-]#N.[C-]#N.[C-]#N.[C-]#N.[C-]#N.[C-]#N.[C-]#N.[C-]#N.[C-]#N.[C-]#N.[C-]#N.[C-]#N.[C-]#N.[C-]#N.[Fe+6].[Fe+6].[Fe+6].[Fe+6].[H-].[H-].[H-].[H-].[K+].[K+].[K+].[K+]. The van der Waals surface area contributed by atoms with Gasteiger partial charge in [0.1, 0.15) is 0 Å². The molecule has 0 rings (SSSR count). The summed E-state index contributed by atoms with van der Waals surface area (Å²) in [5.74, 6) is 0. The second kappa shape index (κ2) is 13600. The van der Waals surface area contributed by atoms with Crippen molar-refractivity contribution < 1.29 is 334 Å². The normalized spacial score (nSPS) is 0.727. The third kappa shape index (κ3) is 12900. The molecule has 0 radical (unpaired) electrons. The van der Waals surface area contributed by atoms with Crippen LogP contribution in [0.3, 0.4) is 0 Å². The molecule has 34 nitrogen and oxygen atoms in total. The zero-order valence-electron chi connectivity index (χ0n) is 37.1. The van der Waals surface area contributed by atoms with Crippen molar-refractivity contribution in [3.05, 3.63) is 158 Å². The molecule has 0 aliphatic carbocycles. The molecular weight excluding hydrogens is 1160 g/mol. The average molecular weight is 1190 g/mol. The average Bonchev–Trinajstić information content (AvgIpc) is 3.34. The van der Waals surface area contributed by atoms with E-state index in [1.54, 1.807) is 0 Å². The number of rotatable bonds is 0. The van der Waals surface area contributed by atoms with Crippen molar-refractivity contribution in [3.8, 4) is 0 Å². The molecule has 0 unspecified atom stereocenters. The quantitative estimate of drug-likeness (QED) is 0.160. The summed E-state index contributed by atoms with van der Waals surface area (Å²) >= 11 is 0. The Kier molecular flexibility index (Phi) is 119000. The maximum atomic E-state index is 6.25. The fourth-order valence-electron chi connectivity index (χ4n) is 0. The number of hydrogen-bond donors (Lipinski definition) is 0. The topological polar surface area (TPSA) is 886 Å². The summed E-state index contributed by atoms with van der Waals surface area (Å²) in [6.45, 7) is 114. The monoisotopic (exact) mass is 1190 g/mol. The summed E-state index contributed by atoms with van der Waals surface area (Å²) in [7, 11) is 0. The molecule has 0 heterocycles. The summed E-state index contributed by atoms with van der Waals surface area (Å²) in [6, 6.07) is 0. The maximum absolute atomic E-state index is 6.25. The van der Waals surface area contributed by atoms with Gasteiger partial charge in [0.05, 0.1) is 0 Å². The zero-order chi connectivity index (χ0) is 48.0. The van der Waals surface area contributed by atoms with E-state index in [2.05, 4.69) is 0 Å². The van der Waals surface area contributed by atoms with Gasteiger partial charge in [0.2, 0.25) is 0 Å². The molecule has 0 aliphatic rings. The number of hydrogen-bond acceptors (Lipinski definition) is 24. The minimum atomic E-state index is 0. The van der Waals surface area contributed by atoms with Crippen LogP contribution >= 0.6 is 0 Å². The van der Waals surface area contributed by atoms with Crippen LogP contribution in [0.25, 0.3) is 0 Å². The molecular formula is C24H24Fe4K4N24O10. The molecule has 0 spiro atoms. The van der Waals surface area contributed by atoms with Gasteiger partial charge in [0.15, 0.2) is 0 Å². The third-order valence-electron chi connectivity index (χ3n) is 0. The molecule has 0 aromatic heterocycles. The van der Waals surface area contributed by atoms with Gasteiger partial charge in [-0.1, -0.05) is 0 Å². The van der Waals surface area contributed by atoms with Gasteiger partial charge in [-0.05, 0) is 0 Å². The van der Waals surface area contributed by atoms with E-state index in [4.69, 9.17) is 284 Å². The maximum Gasteiger partial charge on any atom is 6.00 e. The van der Waals surface area contributed by atoms with Crippen LogP contribution in [0.5, 0.6) is 0 Å². The molecule has 0 aliphatic heterocycles. The van der Waals surface area contributed by atoms with Crippen LogP contribution < -0.4 is 206 Å². The van der Waals surface area contributed by atoms with E-state index < -0.39 is 0 Å². The Bertz CT molecular complexity index is 596. The van der Waals surface area contributed by atoms with Gasteiger partial charge < -0.3 is 344 Å². The van der Waals surface area contributed by atoms with Gasteiger partial charge in [0.25, 0.3) is 0 Å². The van der Waals surface area contributed by atoms with E-state index in [-0.39, 0.29) is 334 Å². The predicted molar refractivity (Wildman–Crippen MR) is 160 cm³/mol. The molecule has 336 valence electrons. The first-order valence-corrected chi connectivity index (χ1v) is 5.37. The van der Waals surface area contributed by atoms with E-state index >= 15 is 0 Å². The van der Waals surface area contributed by atoms with E-state index in [1.807, 2.05) is 0 Å². The molecule has 66 heavy (non-hydrogen) atoms. The first-order chi connectivity index (χ1) is 24.0. The number of nitrogens with zero attached hydrogens (tertiary/aromatic N) is 24. The Morgan fingerprint density at radius 2 is 0.106 bits per heavy atom. The molecule has 0 atom stereocenters. The standard InChI is InChI=1S/24CN.4Fe.4K.10H2O.4H/c24*1-2;;;;;;;;;;;;;;;;;;;;;;/h;;;;;;;;;;;;;;;;;;;;;;;;;;;;;;;;10*1H2;;;;/q24*-1;4*+6;4*+1;;;;;;;;;;;4*-1. The van der Waals surface area contributed by atoms with E-state index in [9.17, 15) is 0 Å². The fourth-order valence-corrected chi connectivity index (χ4v) is 0. The van der Waals surface area contributed by atoms with Crippen LogP contribution in [0.1, 0.15) is 5.71 Å². The van der Waals surface area contributed by atoms with Gasteiger partial charge in [0, 0.05) is 0 Å². The van der Waals surface area contributed by atoms with Crippen LogP contribution in [0.4, 0.5) is 0 Å². The molecule has 0 amide bonds. The van der Waals surface area contributed by atoms with Crippen LogP contribution in [-0.4, -0.2) is 54.8 Å². The van der Waals surface area contributed by atoms with Crippen molar-refractivity contribution in [2.24, 2.45) is 0 Å². The molecule has 0 saturated carbocycles. The van der Waals surface area contributed by atoms with Crippen molar-refractivity contribution in [1.29, 1.82) is 126 Å². The van der Waals surface area contributed by atoms with Crippen molar-refractivity contribution in [1.82, 2.24) is 0 Å². The fraction of sp³-hybridized carbons (Fsp3) is 0. The van der Waals surface area contributed by atoms with Crippen molar-refractivity contribution in [3.63, 3.8) is 0 Å². The van der Waals surface area contributed by atoms with E-state index in [1.165, 1.54) is 0 Å². The van der Waals surface area contributed by atoms with Crippen LogP contribution in [-0.2, 0) is 68.3 Å². The molecule has 20 N–H and O–H groups in total. The predicted octanol–water partition coefficient (Wildman–Crippen LogP) is -17.5. The first kappa shape index (κ1) is 577. The molecule has 0 bridgehead atoms. The van der Waals surface area contributed by atoms with Gasteiger partial charge in [-0.15, -0.1) is 0 Å². The molecule has 0 fully saturated rings. The molecule has 0 saturated heterocycles. The van der Waals surface area contributed by atoms with Gasteiger partial charge in [-0.2, -0.15) is 0 Å². The van der Waals surface area contributed by atoms with Gasteiger partial charge >= 0.3 is 274 Å². The summed E-state index contributed by atoms with van der Waals surface area (Å²) in [6.07, 6.45) is 0. The molecule has 42 heteroatoms. The van der Waals surface area contributed by atoms with Gasteiger partial charge in [-0.25, -0.2) is 0 Å². The smallest absolute Gasteiger partial charge is 1.00 e. The van der Waals surface area contributed by atoms with Crippen molar-refractivity contribution in [2.45, 2.75) is 0 Å². The van der Waals surface area contributed by atoms with E-state index in [0.717, 1.165) is 0 Å². The minimum absolute atomic E-state index is 0. The summed E-state index contributed by atoms with van der Waals surface area (Å²) in [5.41, 5.74) is 0. The van der Waals surface area contributed by atoms with E-state index in [0.29, 0.717) is 0 Å². The zero-order valence-corrected chi connectivity index (χ0v) is 50.1. The van der Waals surface area contributed by atoms with Crippen LogP contribution in [0.15, 0.2) is 0 Å². The Morgan fingerprint density at radius 3 is 0.106 bits per heavy atom. The second-order valence-electron chi connectivity index (χ2n) is 0. The molecule has 0 aromatic carbocycles. The Morgan fingerprint density at radius 1 is 0.106 bits per heavy atom. The third-order valence-corrected chi connectivity index (χ3v) is 0. The van der Waals surface area contributed by atoms with Crippen molar-refractivity contribution >= 4 is 0 Å². The summed E-state index contributed by atoms with van der Waals surface area (Å²) in [4.78, 5) is 0. The van der Waals surface area contributed by atoms with Crippen molar-refractivity contribution in [2.75, 3.05) is 0 Å². The second-order valence-corrected chi connectivity index (χ2v) is 0. The van der Waals surface area contributed by atoms with Crippen LogP contribution in [0.2, 0.25) is 0 Å². The Labute approximate surface area is 607 Å². The first-order valence-electron chi connectivity index (χ1n) is 5.37. The molecule has 0 aromatic rings. The minimum Gasteiger partial charge on any atom is -1.00 e. The largest absolute Gasteiger partial charge is 6.00 e. The summed E-state index contributed by atoms with van der Waals surface area (Å²) < 4.78 is 0. The Balaban J connectivity index is -0.00000000193. The van der Waals surface area contributed by atoms with Crippen LogP contribution in [0, 0.1) is 284 Å².